The number of rotatable bonds is 5. The maximum atomic E-state index is 12.8. The van der Waals surface area contributed by atoms with Crippen LogP contribution in [0, 0.1) is 12.3 Å². The van der Waals surface area contributed by atoms with Crippen molar-refractivity contribution in [1.29, 1.82) is 0 Å². The SMILES string of the molecule is Cc1nn(-c2ccc(C(N)=O)c(NC3CCN(C(=O)[C@H]4CCCN4)CC3)c2)c2c1C(=O)CC(C)(C)C2. The molecule has 5 rings (SSSR count). The van der Waals surface area contributed by atoms with Gasteiger partial charge in [0.25, 0.3) is 5.91 Å². The summed E-state index contributed by atoms with van der Waals surface area (Å²) in [6, 6.07) is 5.53. The minimum atomic E-state index is -0.501. The molecule has 2 aliphatic heterocycles. The topological polar surface area (TPSA) is 122 Å². The van der Waals surface area contributed by atoms with Crippen LogP contribution in [-0.4, -0.2) is 64.0 Å². The highest BCUT2D eigenvalue weighted by molar-refractivity contribution is 6.00. The van der Waals surface area contributed by atoms with E-state index in [-0.39, 0.29) is 29.2 Å². The van der Waals surface area contributed by atoms with Crippen LogP contribution < -0.4 is 16.4 Å². The van der Waals surface area contributed by atoms with E-state index >= 15 is 0 Å². The third-order valence-electron chi connectivity index (χ3n) is 7.76. The molecule has 9 heteroatoms. The molecule has 3 aliphatic rings. The monoisotopic (exact) mass is 492 g/mol. The zero-order valence-corrected chi connectivity index (χ0v) is 21.4. The van der Waals surface area contributed by atoms with Crippen molar-refractivity contribution in [2.24, 2.45) is 11.1 Å². The van der Waals surface area contributed by atoms with Gasteiger partial charge in [0, 0.05) is 31.2 Å². The molecule has 9 nitrogen and oxygen atoms in total. The highest BCUT2D eigenvalue weighted by Gasteiger charge is 2.36. The Morgan fingerprint density at radius 1 is 1.17 bits per heavy atom. The van der Waals surface area contributed by atoms with E-state index in [1.165, 1.54) is 0 Å². The Bertz CT molecular complexity index is 1200. The molecule has 0 bridgehead atoms. The summed E-state index contributed by atoms with van der Waals surface area (Å²) in [5.41, 5.74) is 9.80. The predicted octanol–water partition coefficient (Wildman–Crippen LogP) is 2.59. The number of aryl methyl sites for hydroxylation is 1. The summed E-state index contributed by atoms with van der Waals surface area (Å²) in [7, 11) is 0. The maximum Gasteiger partial charge on any atom is 0.250 e. The lowest BCUT2D eigenvalue weighted by Gasteiger charge is -2.34. The van der Waals surface area contributed by atoms with Gasteiger partial charge in [0.1, 0.15) is 0 Å². The van der Waals surface area contributed by atoms with E-state index in [9.17, 15) is 14.4 Å². The smallest absolute Gasteiger partial charge is 0.250 e. The van der Waals surface area contributed by atoms with Crippen molar-refractivity contribution >= 4 is 23.3 Å². The number of hydrogen-bond acceptors (Lipinski definition) is 6. The second-order valence-electron chi connectivity index (χ2n) is 11.2. The Balaban J connectivity index is 1.37. The number of nitrogens with two attached hydrogens (primary N) is 1. The molecule has 2 amide bonds. The number of primary amides is 1. The van der Waals surface area contributed by atoms with E-state index < -0.39 is 5.91 Å². The van der Waals surface area contributed by atoms with Gasteiger partial charge in [-0.15, -0.1) is 0 Å². The number of hydrogen-bond donors (Lipinski definition) is 3. The van der Waals surface area contributed by atoms with Gasteiger partial charge in [0.2, 0.25) is 5.91 Å². The van der Waals surface area contributed by atoms with Crippen LogP contribution in [0.4, 0.5) is 5.69 Å². The Morgan fingerprint density at radius 2 is 1.92 bits per heavy atom. The number of carbonyl (C=O) groups is 3. The average molecular weight is 493 g/mol. The number of nitrogens with one attached hydrogen (secondary N) is 2. The van der Waals surface area contributed by atoms with Crippen LogP contribution in [0.5, 0.6) is 0 Å². The van der Waals surface area contributed by atoms with Crippen LogP contribution >= 0.6 is 0 Å². The number of ketones is 1. The molecule has 0 unspecified atom stereocenters. The van der Waals surface area contributed by atoms with Crippen molar-refractivity contribution in [3.8, 4) is 5.69 Å². The summed E-state index contributed by atoms with van der Waals surface area (Å²) in [5.74, 6) is -0.174. The number of benzene rings is 1. The van der Waals surface area contributed by atoms with E-state index in [1.54, 1.807) is 6.07 Å². The van der Waals surface area contributed by atoms with Crippen molar-refractivity contribution < 1.29 is 14.4 Å². The third-order valence-corrected chi connectivity index (χ3v) is 7.76. The van der Waals surface area contributed by atoms with Gasteiger partial charge in [-0.05, 0) is 69.2 Å². The molecule has 1 atom stereocenters. The highest BCUT2D eigenvalue weighted by atomic mass is 16.2. The largest absolute Gasteiger partial charge is 0.381 e. The molecule has 192 valence electrons. The van der Waals surface area contributed by atoms with E-state index in [0.717, 1.165) is 61.3 Å². The lowest BCUT2D eigenvalue weighted by atomic mass is 9.75. The Morgan fingerprint density at radius 3 is 2.58 bits per heavy atom. The summed E-state index contributed by atoms with van der Waals surface area (Å²) in [5, 5.41) is 11.5. The first-order chi connectivity index (χ1) is 17.1. The van der Waals surface area contributed by atoms with Gasteiger partial charge in [0.05, 0.1) is 34.2 Å². The molecule has 0 spiro atoms. The summed E-state index contributed by atoms with van der Waals surface area (Å²) < 4.78 is 1.84. The number of nitrogens with zero attached hydrogens (tertiary/aromatic N) is 3. The molecule has 0 radical (unpaired) electrons. The standard InChI is InChI=1S/C27H36N6O3/c1-16-24-22(14-27(2,3)15-23(24)34)33(31-16)18-6-7-19(25(28)35)21(13-18)30-17-8-11-32(12-9-17)26(36)20-5-4-10-29-20/h6-7,13,17,20,29-30H,4-5,8-12,14-15H2,1-3H3,(H2,28,35)/t20-/m1/s1. The fraction of sp³-hybridized carbons (Fsp3) is 0.556. The first kappa shape index (κ1) is 24.5. The summed E-state index contributed by atoms with van der Waals surface area (Å²) in [4.78, 5) is 39.8. The molecule has 4 N–H and O–H groups in total. The first-order valence-electron chi connectivity index (χ1n) is 13.0. The fourth-order valence-electron chi connectivity index (χ4n) is 5.93. The average Bonchev–Trinajstić information content (AvgIpc) is 3.46. The number of aromatic nitrogens is 2. The molecule has 2 fully saturated rings. The lowest BCUT2D eigenvalue weighted by molar-refractivity contribution is -0.134. The molecule has 1 aromatic carbocycles. The van der Waals surface area contributed by atoms with Gasteiger partial charge in [-0.1, -0.05) is 13.8 Å². The Kier molecular flexibility index (Phi) is 6.36. The number of likely N-dealkylation sites (tertiary alicyclic amines) is 1. The molecule has 3 heterocycles. The zero-order chi connectivity index (χ0) is 25.6. The number of piperidine rings is 1. The van der Waals surface area contributed by atoms with Gasteiger partial charge < -0.3 is 21.3 Å². The van der Waals surface area contributed by atoms with Crippen molar-refractivity contribution in [2.45, 2.75) is 71.4 Å². The van der Waals surface area contributed by atoms with Gasteiger partial charge >= 0.3 is 0 Å². The van der Waals surface area contributed by atoms with Crippen LogP contribution in [0.15, 0.2) is 18.2 Å². The molecular formula is C27H36N6O3. The van der Waals surface area contributed by atoms with Crippen molar-refractivity contribution in [3.05, 3.63) is 40.7 Å². The molecule has 36 heavy (non-hydrogen) atoms. The molecule has 2 aromatic rings. The van der Waals surface area contributed by atoms with Gasteiger partial charge in [0.15, 0.2) is 5.78 Å². The van der Waals surface area contributed by atoms with E-state index in [1.807, 2.05) is 28.6 Å². The molecular weight excluding hydrogens is 456 g/mol. The second-order valence-corrected chi connectivity index (χ2v) is 11.2. The Labute approximate surface area is 211 Å². The lowest BCUT2D eigenvalue weighted by Crippen LogP contribution is -2.48. The van der Waals surface area contributed by atoms with E-state index in [2.05, 4.69) is 24.5 Å². The quantitative estimate of drug-likeness (QED) is 0.590. The van der Waals surface area contributed by atoms with E-state index in [0.29, 0.717) is 30.8 Å². The van der Waals surface area contributed by atoms with Gasteiger partial charge in [-0.3, -0.25) is 14.4 Å². The minimum Gasteiger partial charge on any atom is -0.381 e. The van der Waals surface area contributed by atoms with Crippen molar-refractivity contribution in [1.82, 2.24) is 20.0 Å². The number of amides is 2. The van der Waals surface area contributed by atoms with Crippen LogP contribution in [0.25, 0.3) is 5.69 Å². The molecule has 0 saturated carbocycles. The Hall–Kier alpha value is -3.20. The van der Waals surface area contributed by atoms with Crippen molar-refractivity contribution in [2.75, 3.05) is 25.0 Å². The normalized spacial score (nSPS) is 21.9. The molecule has 1 aromatic heterocycles. The number of fused-ring (bicyclic) bond motifs is 1. The van der Waals surface area contributed by atoms with Crippen LogP contribution in [0.2, 0.25) is 0 Å². The van der Waals surface area contributed by atoms with Gasteiger partial charge in [-0.2, -0.15) is 5.10 Å². The van der Waals surface area contributed by atoms with E-state index in [4.69, 9.17) is 10.8 Å². The fourth-order valence-corrected chi connectivity index (χ4v) is 5.93. The number of anilines is 1. The van der Waals surface area contributed by atoms with Crippen LogP contribution in [0.3, 0.4) is 0 Å². The summed E-state index contributed by atoms with van der Waals surface area (Å²) >= 11 is 0. The highest BCUT2D eigenvalue weighted by Crippen LogP contribution is 2.37. The van der Waals surface area contributed by atoms with Crippen molar-refractivity contribution in [3.63, 3.8) is 0 Å². The second kappa shape index (κ2) is 9.35. The zero-order valence-electron chi connectivity index (χ0n) is 21.4. The first-order valence-corrected chi connectivity index (χ1v) is 13.0. The van der Waals surface area contributed by atoms with Crippen LogP contribution in [-0.2, 0) is 11.2 Å². The van der Waals surface area contributed by atoms with Gasteiger partial charge in [-0.25, -0.2) is 4.68 Å². The summed E-state index contributed by atoms with van der Waals surface area (Å²) in [6.45, 7) is 8.35. The molecule has 1 aliphatic carbocycles. The van der Waals surface area contributed by atoms with Crippen LogP contribution in [0.1, 0.15) is 78.1 Å². The number of Topliss-reactive ketones (excluding diaryl/α,β-unsaturated/α-hetero) is 1. The molecule has 2 saturated heterocycles. The number of carbonyl (C=O) groups excluding carboxylic acids is 3. The predicted molar refractivity (Wildman–Crippen MR) is 138 cm³/mol. The maximum absolute atomic E-state index is 12.8. The third kappa shape index (κ3) is 4.64. The minimum absolute atomic E-state index is 0.0482. The summed E-state index contributed by atoms with van der Waals surface area (Å²) in [6.07, 6.45) is 4.80.